The van der Waals surface area contributed by atoms with Gasteiger partial charge in [0.25, 0.3) is 0 Å². The van der Waals surface area contributed by atoms with Gasteiger partial charge in [-0.05, 0) is 30.7 Å². The molecule has 0 saturated carbocycles. The van der Waals surface area contributed by atoms with E-state index in [1.165, 1.54) is 16.0 Å². The van der Waals surface area contributed by atoms with Crippen molar-refractivity contribution < 1.29 is 9.69 Å². The fourth-order valence-corrected chi connectivity index (χ4v) is 3.00. The second-order valence-electron chi connectivity index (χ2n) is 6.55. The van der Waals surface area contributed by atoms with Crippen LogP contribution in [0.3, 0.4) is 0 Å². The summed E-state index contributed by atoms with van der Waals surface area (Å²) in [4.78, 5) is 15.8. The Bertz CT molecular complexity index is 702. The largest absolute Gasteiger partial charge is 0.329 e. The highest BCUT2D eigenvalue weighted by atomic mass is 16.2. The Labute approximate surface area is 149 Å². The molecular formula is C21H26N3O+. The van der Waals surface area contributed by atoms with Crippen molar-refractivity contribution in [3.63, 3.8) is 0 Å². The van der Waals surface area contributed by atoms with Gasteiger partial charge in [0.2, 0.25) is 0 Å². The predicted molar refractivity (Wildman–Crippen MR) is 103 cm³/mol. The summed E-state index contributed by atoms with van der Waals surface area (Å²) >= 11 is 0. The molecule has 0 bridgehead atoms. The summed E-state index contributed by atoms with van der Waals surface area (Å²) in [5, 5.41) is 2.98. The third kappa shape index (κ3) is 5.19. The highest BCUT2D eigenvalue weighted by Gasteiger charge is 2.22. The zero-order valence-corrected chi connectivity index (χ0v) is 14.7. The molecule has 0 unspecified atom stereocenters. The fourth-order valence-electron chi connectivity index (χ4n) is 3.00. The van der Waals surface area contributed by atoms with Crippen LogP contribution in [0.25, 0.3) is 6.08 Å². The van der Waals surface area contributed by atoms with Crippen molar-refractivity contribution in [2.24, 2.45) is 0 Å². The maximum Gasteiger partial charge on any atom is 0.322 e. The molecule has 2 amide bonds. The number of carbonyl (C=O) groups excluding carboxylic acids is 1. The molecule has 0 spiro atoms. The van der Waals surface area contributed by atoms with Crippen LogP contribution in [0.1, 0.15) is 11.1 Å². The normalized spacial score (nSPS) is 15.5. The van der Waals surface area contributed by atoms with Gasteiger partial charge in [-0.25, -0.2) is 4.79 Å². The Morgan fingerprint density at radius 3 is 2.44 bits per heavy atom. The number of piperazine rings is 1. The standard InChI is InChI=1S/C21H25N3O/c1-18-9-11-20(12-10-18)22-21(25)24-16-14-23(15-17-24)13-5-8-19-6-3-2-4-7-19/h2-12H,13-17H2,1H3,(H,22,25)/p+1/b8-5+. The van der Waals surface area contributed by atoms with Crippen LogP contribution >= 0.6 is 0 Å². The lowest BCUT2D eigenvalue weighted by molar-refractivity contribution is -0.898. The Hall–Kier alpha value is -2.59. The lowest BCUT2D eigenvalue weighted by atomic mass is 10.2. The van der Waals surface area contributed by atoms with Gasteiger partial charge in [-0.2, -0.15) is 0 Å². The van der Waals surface area contributed by atoms with E-state index >= 15 is 0 Å². The van der Waals surface area contributed by atoms with Gasteiger partial charge in [0.1, 0.15) is 0 Å². The zero-order chi connectivity index (χ0) is 17.5. The van der Waals surface area contributed by atoms with E-state index in [1.807, 2.05) is 42.2 Å². The highest BCUT2D eigenvalue weighted by molar-refractivity contribution is 5.89. The van der Waals surface area contributed by atoms with E-state index in [-0.39, 0.29) is 6.03 Å². The molecule has 2 N–H and O–H groups in total. The third-order valence-corrected chi connectivity index (χ3v) is 4.58. The Morgan fingerprint density at radius 2 is 1.76 bits per heavy atom. The minimum atomic E-state index is 0.00253. The van der Waals surface area contributed by atoms with E-state index in [9.17, 15) is 4.79 Å². The van der Waals surface area contributed by atoms with Crippen LogP contribution in [0.2, 0.25) is 0 Å². The van der Waals surface area contributed by atoms with Crippen molar-refractivity contribution in [2.45, 2.75) is 6.92 Å². The van der Waals surface area contributed by atoms with Gasteiger partial charge >= 0.3 is 6.03 Å². The topological polar surface area (TPSA) is 36.8 Å². The Kier molecular flexibility index (Phi) is 5.86. The predicted octanol–water partition coefficient (Wildman–Crippen LogP) is 2.44. The molecule has 0 aromatic heterocycles. The molecule has 0 atom stereocenters. The lowest BCUT2D eigenvalue weighted by Crippen LogP contribution is -3.14. The van der Waals surface area contributed by atoms with Gasteiger partial charge in [-0.1, -0.05) is 54.1 Å². The maximum atomic E-state index is 12.3. The first-order valence-corrected chi connectivity index (χ1v) is 8.88. The maximum absolute atomic E-state index is 12.3. The van der Waals surface area contributed by atoms with Crippen LogP contribution < -0.4 is 10.2 Å². The number of carbonyl (C=O) groups is 1. The number of quaternary nitrogens is 1. The molecule has 25 heavy (non-hydrogen) atoms. The summed E-state index contributed by atoms with van der Waals surface area (Å²) in [6.45, 7) is 6.61. The molecule has 4 heteroatoms. The average Bonchev–Trinajstić information content (AvgIpc) is 2.65. The summed E-state index contributed by atoms with van der Waals surface area (Å²) in [7, 11) is 0. The second-order valence-corrected chi connectivity index (χ2v) is 6.55. The molecule has 1 saturated heterocycles. The number of hydrogen-bond acceptors (Lipinski definition) is 1. The van der Waals surface area contributed by atoms with Crippen molar-refractivity contribution in [2.75, 3.05) is 38.0 Å². The van der Waals surface area contributed by atoms with E-state index in [0.29, 0.717) is 0 Å². The number of aryl methyl sites for hydroxylation is 1. The van der Waals surface area contributed by atoms with Gasteiger partial charge in [0, 0.05) is 5.69 Å². The number of nitrogens with one attached hydrogen (secondary N) is 2. The van der Waals surface area contributed by atoms with E-state index in [2.05, 4.69) is 41.7 Å². The van der Waals surface area contributed by atoms with Gasteiger partial charge in [-0.3, -0.25) is 0 Å². The van der Waals surface area contributed by atoms with Gasteiger partial charge in [0.15, 0.2) is 0 Å². The molecule has 3 rings (SSSR count). The first kappa shape index (κ1) is 17.2. The first-order chi connectivity index (χ1) is 12.2. The minimum Gasteiger partial charge on any atom is -0.329 e. The zero-order valence-electron chi connectivity index (χ0n) is 14.7. The molecule has 1 aliphatic rings. The monoisotopic (exact) mass is 336 g/mol. The number of amides is 2. The van der Waals surface area contributed by atoms with Crippen molar-refractivity contribution in [1.29, 1.82) is 0 Å². The quantitative estimate of drug-likeness (QED) is 0.884. The summed E-state index contributed by atoms with van der Waals surface area (Å²) in [6, 6.07) is 18.3. The van der Waals surface area contributed by atoms with Gasteiger partial charge < -0.3 is 15.1 Å². The molecule has 4 nitrogen and oxygen atoms in total. The van der Waals surface area contributed by atoms with Crippen LogP contribution in [0, 0.1) is 6.92 Å². The Balaban J connectivity index is 1.42. The molecule has 2 aromatic rings. The highest BCUT2D eigenvalue weighted by Crippen LogP contribution is 2.09. The van der Waals surface area contributed by atoms with Crippen molar-refractivity contribution >= 4 is 17.8 Å². The summed E-state index contributed by atoms with van der Waals surface area (Å²) in [5.74, 6) is 0. The van der Waals surface area contributed by atoms with Crippen molar-refractivity contribution in [1.82, 2.24) is 4.90 Å². The molecule has 1 fully saturated rings. The molecule has 0 aliphatic carbocycles. The van der Waals surface area contributed by atoms with Crippen LogP contribution in [-0.4, -0.2) is 43.7 Å². The molecule has 0 radical (unpaired) electrons. The van der Waals surface area contributed by atoms with E-state index in [4.69, 9.17) is 0 Å². The van der Waals surface area contributed by atoms with Crippen LogP contribution in [-0.2, 0) is 0 Å². The molecule has 130 valence electrons. The SMILES string of the molecule is Cc1ccc(NC(=O)N2CC[NH+](C/C=C/c3ccccc3)CC2)cc1. The smallest absolute Gasteiger partial charge is 0.322 e. The fraction of sp³-hybridized carbons (Fsp3) is 0.286. The number of rotatable bonds is 4. The first-order valence-electron chi connectivity index (χ1n) is 8.88. The average molecular weight is 336 g/mol. The van der Waals surface area contributed by atoms with Crippen molar-refractivity contribution in [3.05, 3.63) is 71.8 Å². The minimum absolute atomic E-state index is 0.00253. The van der Waals surface area contributed by atoms with Crippen molar-refractivity contribution in [3.8, 4) is 0 Å². The lowest BCUT2D eigenvalue weighted by Gasteiger charge is -2.31. The second kappa shape index (κ2) is 8.49. The molecule has 1 aliphatic heterocycles. The third-order valence-electron chi connectivity index (χ3n) is 4.58. The van der Waals surface area contributed by atoms with E-state index < -0.39 is 0 Å². The Morgan fingerprint density at radius 1 is 1.08 bits per heavy atom. The summed E-state index contributed by atoms with van der Waals surface area (Å²) in [5.41, 5.74) is 3.29. The van der Waals surface area contributed by atoms with E-state index in [0.717, 1.165) is 38.4 Å². The molecule has 1 heterocycles. The summed E-state index contributed by atoms with van der Waals surface area (Å²) < 4.78 is 0. The number of urea groups is 1. The van der Waals surface area contributed by atoms with Crippen LogP contribution in [0.4, 0.5) is 10.5 Å². The number of hydrogen-bond donors (Lipinski definition) is 2. The van der Waals surface area contributed by atoms with Gasteiger partial charge in [-0.15, -0.1) is 0 Å². The summed E-state index contributed by atoms with van der Waals surface area (Å²) in [6.07, 6.45) is 4.40. The number of nitrogens with zero attached hydrogens (tertiary/aromatic N) is 1. The van der Waals surface area contributed by atoms with Gasteiger partial charge in [0.05, 0.1) is 32.7 Å². The molecular weight excluding hydrogens is 310 g/mol. The van der Waals surface area contributed by atoms with E-state index in [1.54, 1.807) is 0 Å². The number of anilines is 1. The number of benzene rings is 2. The van der Waals surface area contributed by atoms with Crippen LogP contribution in [0.15, 0.2) is 60.7 Å². The van der Waals surface area contributed by atoms with Crippen LogP contribution in [0.5, 0.6) is 0 Å². The molecule has 2 aromatic carbocycles.